The first-order valence-corrected chi connectivity index (χ1v) is 9.20. The van der Waals surface area contributed by atoms with Gasteiger partial charge in [-0.1, -0.05) is 30.3 Å². The summed E-state index contributed by atoms with van der Waals surface area (Å²) in [5.74, 6) is -0.467. The molecule has 3 rings (SSSR count). The number of anilines is 2. The lowest BCUT2D eigenvalue weighted by Crippen LogP contribution is -2.24. The Labute approximate surface area is 169 Å². The van der Waals surface area contributed by atoms with Gasteiger partial charge in [0.1, 0.15) is 5.60 Å². The molecule has 0 fully saturated rings. The highest BCUT2D eigenvalue weighted by Crippen LogP contribution is 2.28. The van der Waals surface area contributed by atoms with Crippen LogP contribution in [0.4, 0.5) is 11.6 Å². The van der Waals surface area contributed by atoms with Gasteiger partial charge >= 0.3 is 5.97 Å². The summed E-state index contributed by atoms with van der Waals surface area (Å²) >= 11 is 0. The van der Waals surface area contributed by atoms with Gasteiger partial charge in [-0.25, -0.2) is 9.78 Å². The van der Waals surface area contributed by atoms with Gasteiger partial charge < -0.3 is 15.8 Å². The molecule has 0 atom stereocenters. The van der Waals surface area contributed by atoms with Gasteiger partial charge in [0, 0.05) is 18.7 Å². The van der Waals surface area contributed by atoms with E-state index in [4.69, 9.17) is 10.5 Å². The first-order valence-electron chi connectivity index (χ1n) is 9.20. The summed E-state index contributed by atoms with van der Waals surface area (Å²) in [6, 6.07) is 14.5. The fourth-order valence-electron chi connectivity index (χ4n) is 2.83. The number of nitrogens with two attached hydrogens (primary N) is 1. The molecule has 0 unspecified atom stereocenters. The molecule has 29 heavy (non-hydrogen) atoms. The predicted molar refractivity (Wildman–Crippen MR) is 113 cm³/mol. The van der Waals surface area contributed by atoms with Crippen LogP contribution in [0, 0.1) is 0 Å². The molecule has 7 heteroatoms. The number of carbonyl (C=O) groups excluding carboxylic acids is 2. The van der Waals surface area contributed by atoms with Crippen LogP contribution in [0.2, 0.25) is 0 Å². The summed E-state index contributed by atoms with van der Waals surface area (Å²) in [5, 5.41) is 2.77. The average Bonchev–Trinajstić information content (AvgIpc) is 3.02. The van der Waals surface area contributed by atoms with Gasteiger partial charge in [-0.3, -0.25) is 9.36 Å². The van der Waals surface area contributed by atoms with E-state index in [9.17, 15) is 9.59 Å². The van der Waals surface area contributed by atoms with Gasteiger partial charge in [0.15, 0.2) is 0 Å². The molecule has 1 aromatic heterocycles. The smallest absolute Gasteiger partial charge is 0.338 e. The summed E-state index contributed by atoms with van der Waals surface area (Å²) in [5.41, 5.74) is 8.50. The van der Waals surface area contributed by atoms with Crippen LogP contribution in [0.1, 0.15) is 38.1 Å². The maximum Gasteiger partial charge on any atom is 0.338 e. The second kappa shape index (κ2) is 7.79. The molecule has 0 aliphatic carbocycles. The second-order valence-electron chi connectivity index (χ2n) is 7.64. The van der Waals surface area contributed by atoms with Gasteiger partial charge in [-0.15, -0.1) is 0 Å². The molecular formula is C22H24N4O3. The van der Waals surface area contributed by atoms with Crippen LogP contribution in [0.15, 0.2) is 54.7 Å². The van der Waals surface area contributed by atoms with Gasteiger partial charge in [0.25, 0.3) is 0 Å². The third kappa shape index (κ3) is 4.82. The molecule has 7 nitrogen and oxygen atoms in total. The van der Waals surface area contributed by atoms with E-state index < -0.39 is 11.6 Å². The van der Waals surface area contributed by atoms with Crippen molar-refractivity contribution >= 4 is 23.5 Å². The van der Waals surface area contributed by atoms with Crippen LogP contribution in [0.3, 0.4) is 0 Å². The fraction of sp³-hybridized carbons (Fsp3) is 0.227. The lowest BCUT2D eigenvalue weighted by atomic mass is 10.1. The SMILES string of the molecule is CC(=O)Nc1ccc(C(=O)OC(C)(C)C)cc1-n1cc(-c2ccccc2)nc1N. The van der Waals surface area contributed by atoms with Gasteiger partial charge in [-0.05, 0) is 39.0 Å². The lowest BCUT2D eigenvalue weighted by Gasteiger charge is -2.20. The summed E-state index contributed by atoms with van der Waals surface area (Å²) in [7, 11) is 0. The van der Waals surface area contributed by atoms with E-state index in [0.717, 1.165) is 5.56 Å². The summed E-state index contributed by atoms with van der Waals surface area (Å²) in [6.07, 6.45) is 1.77. The van der Waals surface area contributed by atoms with Gasteiger partial charge in [-0.2, -0.15) is 0 Å². The van der Waals surface area contributed by atoms with E-state index in [1.807, 2.05) is 30.3 Å². The Bertz CT molecular complexity index is 1050. The zero-order chi connectivity index (χ0) is 21.2. The molecular weight excluding hydrogens is 368 g/mol. The van der Waals surface area contributed by atoms with E-state index in [1.54, 1.807) is 49.7 Å². The Balaban J connectivity index is 2.08. The Morgan fingerprint density at radius 1 is 1.10 bits per heavy atom. The van der Waals surface area contributed by atoms with Crippen molar-refractivity contribution in [3.8, 4) is 16.9 Å². The standard InChI is InChI=1S/C22H24N4O3/c1-14(27)24-17-11-10-16(20(28)29-22(2,3)4)12-19(17)26-13-18(25-21(26)23)15-8-6-5-7-9-15/h5-13H,1-4H3,(H2,23,25)(H,24,27). The molecule has 3 aromatic rings. The third-order valence-electron chi connectivity index (χ3n) is 4.01. The van der Waals surface area contributed by atoms with E-state index >= 15 is 0 Å². The largest absolute Gasteiger partial charge is 0.456 e. The Hall–Kier alpha value is -3.61. The summed E-state index contributed by atoms with van der Waals surface area (Å²) in [4.78, 5) is 28.6. The fourth-order valence-corrected chi connectivity index (χ4v) is 2.83. The molecule has 0 saturated heterocycles. The quantitative estimate of drug-likeness (QED) is 0.653. The second-order valence-corrected chi connectivity index (χ2v) is 7.64. The lowest BCUT2D eigenvalue weighted by molar-refractivity contribution is -0.114. The minimum atomic E-state index is -0.623. The van der Waals surface area contributed by atoms with Crippen molar-refractivity contribution in [3.05, 3.63) is 60.3 Å². The minimum Gasteiger partial charge on any atom is -0.456 e. The number of nitrogen functional groups attached to an aromatic ring is 1. The molecule has 0 saturated carbocycles. The van der Waals surface area contributed by atoms with Gasteiger partial charge in [0.2, 0.25) is 11.9 Å². The normalized spacial score (nSPS) is 11.2. The highest BCUT2D eigenvalue weighted by molar-refractivity contribution is 5.95. The molecule has 1 amide bonds. The highest BCUT2D eigenvalue weighted by atomic mass is 16.6. The molecule has 0 bridgehead atoms. The number of benzene rings is 2. The van der Waals surface area contributed by atoms with Crippen molar-refractivity contribution in [1.29, 1.82) is 0 Å². The van der Waals surface area contributed by atoms with Crippen LogP contribution in [-0.4, -0.2) is 27.0 Å². The molecule has 0 aliphatic heterocycles. The average molecular weight is 392 g/mol. The number of amides is 1. The molecule has 0 radical (unpaired) electrons. The summed E-state index contributed by atoms with van der Waals surface area (Å²) < 4.78 is 7.10. The Morgan fingerprint density at radius 3 is 2.41 bits per heavy atom. The zero-order valence-electron chi connectivity index (χ0n) is 16.9. The number of nitrogens with zero attached hydrogens (tertiary/aromatic N) is 2. The molecule has 1 heterocycles. The number of aromatic nitrogens is 2. The first-order chi connectivity index (χ1) is 13.6. The monoisotopic (exact) mass is 392 g/mol. The molecule has 0 aliphatic rings. The Kier molecular flexibility index (Phi) is 5.41. The molecule has 3 N–H and O–H groups in total. The van der Waals surface area contributed by atoms with Crippen molar-refractivity contribution in [1.82, 2.24) is 9.55 Å². The maximum absolute atomic E-state index is 12.5. The van der Waals surface area contributed by atoms with Crippen molar-refractivity contribution in [2.24, 2.45) is 0 Å². The number of nitrogens with one attached hydrogen (secondary N) is 1. The van der Waals surface area contributed by atoms with Crippen LogP contribution >= 0.6 is 0 Å². The number of imidazole rings is 1. The minimum absolute atomic E-state index is 0.233. The van der Waals surface area contributed by atoms with Gasteiger partial charge in [0.05, 0.1) is 22.6 Å². The van der Waals surface area contributed by atoms with Crippen molar-refractivity contribution < 1.29 is 14.3 Å². The number of hydrogen-bond donors (Lipinski definition) is 2. The van der Waals surface area contributed by atoms with Crippen LogP contribution in [0.25, 0.3) is 16.9 Å². The number of esters is 1. The van der Waals surface area contributed by atoms with E-state index in [1.165, 1.54) is 6.92 Å². The Morgan fingerprint density at radius 2 is 1.79 bits per heavy atom. The van der Waals surface area contributed by atoms with E-state index in [-0.39, 0.29) is 11.9 Å². The van der Waals surface area contributed by atoms with Crippen LogP contribution in [-0.2, 0) is 9.53 Å². The topological polar surface area (TPSA) is 99.2 Å². The van der Waals surface area contributed by atoms with E-state index in [2.05, 4.69) is 10.3 Å². The number of ether oxygens (including phenoxy) is 1. The number of hydrogen-bond acceptors (Lipinski definition) is 5. The van der Waals surface area contributed by atoms with Crippen molar-refractivity contribution in [3.63, 3.8) is 0 Å². The van der Waals surface area contributed by atoms with Crippen molar-refractivity contribution in [2.45, 2.75) is 33.3 Å². The van der Waals surface area contributed by atoms with E-state index in [0.29, 0.717) is 22.6 Å². The number of rotatable bonds is 4. The third-order valence-corrected chi connectivity index (χ3v) is 4.01. The summed E-state index contributed by atoms with van der Waals surface area (Å²) in [6.45, 7) is 6.82. The highest BCUT2D eigenvalue weighted by Gasteiger charge is 2.20. The zero-order valence-corrected chi connectivity index (χ0v) is 16.9. The van der Waals surface area contributed by atoms with Crippen molar-refractivity contribution in [2.75, 3.05) is 11.1 Å². The van der Waals surface area contributed by atoms with Crippen LogP contribution in [0.5, 0.6) is 0 Å². The first kappa shape index (κ1) is 20.1. The maximum atomic E-state index is 12.5. The van der Waals surface area contributed by atoms with Crippen LogP contribution < -0.4 is 11.1 Å². The number of carbonyl (C=O) groups is 2. The molecule has 150 valence electrons. The predicted octanol–water partition coefficient (Wildman–Crippen LogP) is 4.04. The molecule has 2 aromatic carbocycles. The molecule has 0 spiro atoms.